The van der Waals surface area contributed by atoms with Crippen LogP contribution in [0.1, 0.15) is 56.9 Å². The zero-order valence-electron chi connectivity index (χ0n) is 12.5. The molecule has 0 radical (unpaired) electrons. The second kappa shape index (κ2) is 6.13. The first-order valence-electron chi connectivity index (χ1n) is 8.06. The standard InChI is InChI=1S/C19H22F2/c1-2-3-13-4-6-14(7-5-13)15-8-10-17-16(12-15)9-11-18(20)19(17)21/h8-14H,2-7H2,1H3/t13-,14-. The van der Waals surface area contributed by atoms with Crippen molar-refractivity contribution in [2.45, 2.75) is 51.4 Å². The lowest BCUT2D eigenvalue weighted by molar-refractivity contribution is 0.308. The quantitative estimate of drug-likeness (QED) is 0.631. The minimum atomic E-state index is -0.768. The summed E-state index contributed by atoms with van der Waals surface area (Å²) >= 11 is 0. The summed E-state index contributed by atoms with van der Waals surface area (Å²) in [7, 11) is 0. The van der Waals surface area contributed by atoms with Gasteiger partial charge in [-0.2, -0.15) is 0 Å². The second-order valence-electron chi connectivity index (χ2n) is 6.35. The summed E-state index contributed by atoms with van der Waals surface area (Å²) in [6.45, 7) is 2.25. The smallest absolute Gasteiger partial charge is 0.166 e. The van der Waals surface area contributed by atoms with Crippen molar-refractivity contribution < 1.29 is 8.78 Å². The number of rotatable bonds is 3. The maximum absolute atomic E-state index is 13.7. The molecule has 0 bridgehead atoms. The molecule has 3 rings (SSSR count). The molecular formula is C19H22F2. The van der Waals surface area contributed by atoms with Crippen molar-refractivity contribution in [3.05, 3.63) is 47.5 Å². The molecule has 2 aromatic carbocycles. The fourth-order valence-corrected chi connectivity index (χ4v) is 3.73. The SMILES string of the molecule is CCC[C@H]1CC[C@H](c2ccc3c(F)c(F)ccc3c2)CC1. The van der Waals surface area contributed by atoms with Crippen LogP contribution in [0.4, 0.5) is 8.78 Å². The van der Waals surface area contributed by atoms with Gasteiger partial charge in [0, 0.05) is 5.39 Å². The third-order valence-electron chi connectivity index (χ3n) is 4.95. The highest BCUT2D eigenvalue weighted by Gasteiger charge is 2.22. The van der Waals surface area contributed by atoms with Crippen LogP contribution in [0.25, 0.3) is 10.8 Å². The van der Waals surface area contributed by atoms with Crippen LogP contribution in [0, 0.1) is 17.6 Å². The zero-order chi connectivity index (χ0) is 14.8. The molecule has 0 heterocycles. The maximum atomic E-state index is 13.7. The molecular weight excluding hydrogens is 266 g/mol. The highest BCUT2D eigenvalue weighted by atomic mass is 19.2. The van der Waals surface area contributed by atoms with Gasteiger partial charge < -0.3 is 0 Å². The van der Waals surface area contributed by atoms with E-state index in [1.807, 2.05) is 12.1 Å². The van der Waals surface area contributed by atoms with Crippen molar-refractivity contribution in [3.8, 4) is 0 Å². The molecule has 0 saturated heterocycles. The Bertz CT molecular complexity index is 625. The first kappa shape index (κ1) is 14.5. The Morgan fingerprint density at radius 1 is 1.00 bits per heavy atom. The van der Waals surface area contributed by atoms with E-state index >= 15 is 0 Å². The Morgan fingerprint density at radius 3 is 2.48 bits per heavy atom. The van der Waals surface area contributed by atoms with Crippen molar-refractivity contribution in [2.24, 2.45) is 5.92 Å². The molecule has 0 atom stereocenters. The molecule has 0 N–H and O–H groups in total. The minimum Gasteiger partial charge on any atom is -0.204 e. The van der Waals surface area contributed by atoms with Crippen molar-refractivity contribution >= 4 is 10.8 Å². The van der Waals surface area contributed by atoms with Crippen LogP contribution in [-0.2, 0) is 0 Å². The minimum absolute atomic E-state index is 0.387. The van der Waals surface area contributed by atoms with Gasteiger partial charge in [-0.3, -0.25) is 0 Å². The number of hydrogen-bond donors (Lipinski definition) is 0. The van der Waals surface area contributed by atoms with Gasteiger partial charge in [-0.05, 0) is 54.5 Å². The summed E-state index contributed by atoms with van der Waals surface area (Å²) < 4.78 is 27.0. The Balaban J connectivity index is 1.81. The fourth-order valence-electron chi connectivity index (χ4n) is 3.73. The number of halogens is 2. The van der Waals surface area contributed by atoms with Crippen LogP contribution in [0.15, 0.2) is 30.3 Å². The molecule has 0 aliphatic heterocycles. The van der Waals surface area contributed by atoms with Crippen molar-refractivity contribution in [2.75, 3.05) is 0 Å². The van der Waals surface area contributed by atoms with E-state index in [9.17, 15) is 8.78 Å². The summed E-state index contributed by atoms with van der Waals surface area (Å²) in [5, 5.41) is 1.19. The number of benzene rings is 2. The molecule has 2 heteroatoms. The molecule has 2 aromatic rings. The normalized spacial score (nSPS) is 22.6. The molecule has 1 saturated carbocycles. The lowest BCUT2D eigenvalue weighted by Crippen LogP contribution is -2.13. The summed E-state index contributed by atoms with van der Waals surface area (Å²) in [6.07, 6.45) is 7.66. The Kier molecular flexibility index (Phi) is 4.23. The van der Waals surface area contributed by atoms with E-state index in [4.69, 9.17) is 0 Å². The summed E-state index contributed by atoms with van der Waals surface area (Å²) in [6, 6.07) is 8.67. The van der Waals surface area contributed by atoms with Gasteiger partial charge in [0.2, 0.25) is 0 Å². The van der Waals surface area contributed by atoms with Crippen LogP contribution >= 0.6 is 0 Å². The van der Waals surface area contributed by atoms with Gasteiger partial charge in [-0.1, -0.05) is 44.0 Å². The first-order chi connectivity index (χ1) is 10.2. The molecule has 0 unspecified atom stereocenters. The van der Waals surface area contributed by atoms with E-state index in [1.165, 1.54) is 50.2 Å². The maximum Gasteiger partial charge on any atom is 0.166 e. The van der Waals surface area contributed by atoms with Gasteiger partial charge in [-0.25, -0.2) is 8.78 Å². The van der Waals surface area contributed by atoms with Gasteiger partial charge in [0.25, 0.3) is 0 Å². The molecule has 21 heavy (non-hydrogen) atoms. The van der Waals surface area contributed by atoms with Crippen LogP contribution in [0.3, 0.4) is 0 Å². The van der Waals surface area contributed by atoms with E-state index in [-0.39, 0.29) is 0 Å². The van der Waals surface area contributed by atoms with Gasteiger partial charge >= 0.3 is 0 Å². The highest BCUT2D eigenvalue weighted by molar-refractivity contribution is 5.84. The van der Waals surface area contributed by atoms with E-state index in [0.717, 1.165) is 11.3 Å². The molecule has 1 aliphatic rings. The van der Waals surface area contributed by atoms with Crippen molar-refractivity contribution in [1.82, 2.24) is 0 Å². The summed E-state index contributed by atoms with van der Waals surface area (Å²) in [5.74, 6) is -0.0325. The van der Waals surface area contributed by atoms with Crippen LogP contribution in [0.5, 0.6) is 0 Å². The van der Waals surface area contributed by atoms with Crippen LogP contribution < -0.4 is 0 Å². The molecule has 1 fully saturated rings. The van der Waals surface area contributed by atoms with Gasteiger partial charge in [0.15, 0.2) is 11.6 Å². The third-order valence-corrected chi connectivity index (χ3v) is 4.95. The fraction of sp³-hybridized carbons (Fsp3) is 0.474. The largest absolute Gasteiger partial charge is 0.204 e. The molecule has 112 valence electrons. The van der Waals surface area contributed by atoms with Crippen LogP contribution in [0.2, 0.25) is 0 Å². The van der Waals surface area contributed by atoms with Crippen molar-refractivity contribution in [3.63, 3.8) is 0 Å². The number of fused-ring (bicyclic) bond motifs is 1. The van der Waals surface area contributed by atoms with Crippen molar-refractivity contribution in [1.29, 1.82) is 0 Å². The molecule has 0 aromatic heterocycles. The number of hydrogen-bond acceptors (Lipinski definition) is 0. The lowest BCUT2D eigenvalue weighted by Gasteiger charge is -2.28. The van der Waals surface area contributed by atoms with Gasteiger partial charge in [0.1, 0.15) is 0 Å². The average Bonchev–Trinajstić information content (AvgIpc) is 2.52. The Labute approximate surface area is 125 Å². The Morgan fingerprint density at radius 2 is 1.76 bits per heavy atom. The zero-order valence-corrected chi connectivity index (χ0v) is 12.5. The van der Waals surface area contributed by atoms with Gasteiger partial charge in [-0.15, -0.1) is 0 Å². The van der Waals surface area contributed by atoms with E-state index in [2.05, 4.69) is 6.92 Å². The summed E-state index contributed by atoms with van der Waals surface area (Å²) in [4.78, 5) is 0. The molecule has 0 amide bonds. The second-order valence-corrected chi connectivity index (χ2v) is 6.35. The first-order valence-corrected chi connectivity index (χ1v) is 8.06. The molecule has 0 spiro atoms. The monoisotopic (exact) mass is 288 g/mol. The van der Waals surface area contributed by atoms with E-state index in [0.29, 0.717) is 11.3 Å². The predicted octanol–water partition coefficient (Wildman–Crippen LogP) is 6.19. The highest BCUT2D eigenvalue weighted by Crippen LogP contribution is 2.38. The lowest BCUT2D eigenvalue weighted by atomic mass is 9.77. The molecule has 1 aliphatic carbocycles. The molecule has 0 nitrogen and oxygen atoms in total. The third kappa shape index (κ3) is 2.95. The predicted molar refractivity (Wildman–Crippen MR) is 83.5 cm³/mol. The van der Waals surface area contributed by atoms with Crippen LogP contribution in [-0.4, -0.2) is 0 Å². The topological polar surface area (TPSA) is 0 Å². The summed E-state index contributed by atoms with van der Waals surface area (Å²) in [5.41, 5.74) is 1.28. The van der Waals surface area contributed by atoms with Gasteiger partial charge in [0.05, 0.1) is 0 Å². The average molecular weight is 288 g/mol. The Hall–Kier alpha value is -1.44. The van der Waals surface area contributed by atoms with E-state index < -0.39 is 11.6 Å². The van der Waals surface area contributed by atoms with E-state index in [1.54, 1.807) is 12.1 Å².